The summed E-state index contributed by atoms with van der Waals surface area (Å²) in [6.07, 6.45) is 0.691. The van der Waals surface area contributed by atoms with Crippen molar-refractivity contribution in [2.75, 3.05) is 32.6 Å². The summed E-state index contributed by atoms with van der Waals surface area (Å²) in [5, 5.41) is 3.21. The molecule has 0 radical (unpaired) electrons. The minimum atomic E-state index is -0.752. The number of nitrogens with one attached hydrogen (secondary N) is 1. The molecule has 0 aliphatic carbocycles. The molecule has 0 spiro atoms. The van der Waals surface area contributed by atoms with Crippen molar-refractivity contribution in [3.8, 4) is 0 Å². The van der Waals surface area contributed by atoms with E-state index in [1.165, 1.54) is 14.2 Å². The molecule has 1 fully saturated rings. The summed E-state index contributed by atoms with van der Waals surface area (Å²) >= 11 is 0. The fourth-order valence-electron chi connectivity index (χ4n) is 3.44. The zero-order chi connectivity index (χ0) is 26.7. The minimum absolute atomic E-state index is 0.0193. The van der Waals surface area contributed by atoms with Crippen LogP contribution in [0.2, 0.25) is 0 Å². The highest BCUT2D eigenvalue weighted by molar-refractivity contribution is 6.01. The molecular formula is C24H31N3O9. The van der Waals surface area contributed by atoms with Crippen molar-refractivity contribution in [3.05, 3.63) is 29.8 Å². The summed E-state index contributed by atoms with van der Waals surface area (Å²) in [7, 11) is 2.56. The molecule has 0 saturated carbocycles. The summed E-state index contributed by atoms with van der Waals surface area (Å²) in [6.45, 7) is 1.76. The van der Waals surface area contributed by atoms with Crippen LogP contribution >= 0.6 is 0 Å². The third kappa shape index (κ3) is 9.10. The van der Waals surface area contributed by atoms with Crippen LogP contribution in [0.1, 0.15) is 44.6 Å². The predicted octanol–water partition coefficient (Wildman–Crippen LogP) is 0.982. The first kappa shape index (κ1) is 28.4. The third-order valence-corrected chi connectivity index (χ3v) is 5.50. The van der Waals surface area contributed by atoms with Crippen LogP contribution in [-0.4, -0.2) is 78.9 Å². The van der Waals surface area contributed by atoms with Gasteiger partial charge < -0.3 is 19.6 Å². The Labute approximate surface area is 208 Å². The fraction of sp³-hybridized carbons (Fsp3) is 0.500. The molecule has 1 aliphatic heterocycles. The lowest BCUT2D eigenvalue weighted by Crippen LogP contribution is -2.42. The monoisotopic (exact) mass is 505 g/mol. The van der Waals surface area contributed by atoms with E-state index in [0.717, 1.165) is 5.56 Å². The second kappa shape index (κ2) is 13.9. The molecule has 0 bridgehead atoms. The first-order chi connectivity index (χ1) is 17.1. The lowest BCUT2D eigenvalue weighted by Gasteiger charge is -2.27. The number of hydroxylamine groups is 2. The highest BCUT2D eigenvalue weighted by atomic mass is 16.7. The first-order valence-electron chi connectivity index (χ1n) is 11.5. The van der Waals surface area contributed by atoms with Crippen LogP contribution in [-0.2, 0) is 49.5 Å². The number of benzene rings is 1. The number of methoxy groups -OCH3 is 2. The first-order valence-corrected chi connectivity index (χ1v) is 11.5. The van der Waals surface area contributed by atoms with E-state index in [1.54, 1.807) is 17.0 Å². The molecule has 1 aromatic rings. The molecule has 0 aromatic heterocycles. The predicted molar refractivity (Wildman–Crippen MR) is 125 cm³/mol. The van der Waals surface area contributed by atoms with Gasteiger partial charge >= 0.3 is 17.9 Å². The summed E-state index contributed by atoms with van der Waals surface area (Å²) in [6, 6.07) is 6.92. The van der Waals surface area contributed by atoms with Gasteiger partial charge in [-0.05, 0) is 37.5 Å². The second-order valence-electron chi connectivity index (χ2n) is 8.25. The Kier molecular flexibility index (Phi) is 11.0. The number of esters is 2. The van der Waals surface area contributed by atoms with Gasteiger partial charge in [-0.15, -0.1) is 5.06 Å². The third-order valence-electron chi connectivity index (χ3n) is 5.50. The van der Waals surface area contributed by atoms with Gasteiger partial charge in [0, 0.05) is 37.4 Å². The molecule has 1 aromatic carbocycles. The van der Waals surface area contributed by atoms with Crippen LogP contribution in [0.5, 0.6) is 0 Å². The minimum Gasteiger partial charge on any atom is -0.468 e. The SMILES string of the molecule is COC(=O)CN(CC(=O)OC)[C@@H](C)Cc1ccc(NC(=O)CCCC(=O)ON2C(=O)CCC2=O)cc1. The molecule has 1 atom stereocenters. The van der Waals surface area contributed by atoms with E-state index in [9.17, 15) is 28.8 Å². The molecule has 3 amide bonds. The second-order valence-corrected chi connectivity index (χ2v) is 8.25. The van der Waals surface area contributed by atoms with Gasteiger partial charge in [0.1, 0.15) is 0 Å². The van der Waals surface area contributed by atoms with Crippen LogP contribution in [0.3, 0.4) is 0 Å². The molecular weight excluding hydrogens is 474 g/mol. The average Bonchev–Trinajstić information content (AvgIpc) is 3.16. The number of rotatable bonds is 13. The standard InChI is InChI=1S/C24H31N3O9/c1-16(26(14-23(32)34-2)15-24(33)35-3)13-17-7-9-18(10-8-17)25-19(28)5-4-6-22(31)36-27-20(29)11-12-21(27)30/h7-10,16H,4-6,11-15H2,1-3H3,(H,25,28)/t16-/m0/s1. The van der Waals surface area contributed by atoms with Gasteiger partial charge in [0.2, 0.25) is 5.91 Å². The molecule has 2 rings (SSSR count). The number of carbonyl (C=O) groups is 6. The van der Waals surface area contributed by atoms with Crippen molar-refractivity contribution in [2.45, 2.75) is 51.5 Å². The maximum Gasteiger partial charge on any atom is 0.333 e. The Morgan fingerprint density at radius 2 is 1.47 bits per heavy atom. The fourth-order valence-corrected chi connectivity index (χ4v) is 3.44. The van der Waals surface area contributed by atoms with E-state index in [2.05, 4.69) is 5.32 Å². The van der Waals surface area contributed by atoms with Crippen LogP contribution in [0, 0.1) is 0 Å². The van der Waals surface area contributed by atoms with Crippen molar-refractivity contribution in [1.29, 1.82) is 0 Å². The number of imide groups is 1. The topological polar surface area (TPSA) is 149 Å². The maximum absolute atomic E-state index is 12.2. The lowest BCUT2D eigenvalue weighted by atomic mass is 10.1. The largest absolute Gasteiger partial charge is 0.468 e. The van der Waals surface area contributed by atoms with Gasteiger partial charge in [0.25, 0.3) is 11.8 Å². The van der Waals surface area contributed by atoms with Crippen LogP contribution in [0.15, 0.2) is 24.3 Å². The summed E-state index contributed by atoms with van der Waals surface area (Å²) in [5.74, 6) is -3.09. The Balaban J connectivity index is 1.79. The molecule has 1 heterocycles. The average molecular weight is 506 g/mol. The van der Waals surface area contributed by atoms with E-state index in [0.29, 0.717) is 17.2 Å². The molecule has 196 valence electrons. The molecule has 12 heteroatoms. The highest BCUT2D eigenvalue weighted by Crippen LogP contribution is 2.16. The Morgan fingerprint density at radius 1 is 0.917 bits per heavy atom. The van der Waals surface area contributed by atoms with Crippen molar-refractivity contribution in [2.24, 2.45) is 0 Å². The quantitative estimate of drug-likeness (QED) is 0.304. The summed E-state index contributed by atoms with van der Waals surface area (Å²) < 4.78 is 9.40. The number of hydrogen-bond donors (Lipinski definition) is 1. The number of anilines is 1. The Hall–Kier alpha value is -3.80. The number of carbonyl (C=O) groups excluding carboxylic acids is 6. The number of amides is 3. The summed E-state index contributed by atoms with van der Waals surface area (Å²) in [5.41, 5.74) is 1.49. The number of nitrogens with zero attached hydrogens (tertiary/aromatic N) is 2. The Morgan fingerprint density at radius 3 is 2.00 bits per heavy atom. The van der Waals surface area contributed by atoms with Crippen molar-refractivity contribution in [3.63, 3.8) is 0 Å². The van der Waals surface area contributed by atoms with Crippen molar-refractivity contribution >= 4 is 41.3 Å². The van der Waals surface area contributed by atoms with E-state index in [4.69, 9.17) is 14.3 Å². The maximum atomic E-state index is 12.2. The van der Waals surface area contributed by atoms with Crippen LogP contribution in [0.4, 0.5) is 5.69 Å². The van der Waals surface area contributed by atoms with Crippen molar-refractivity contribution < 1.29 is 43.1 Å². The van der Waals surface area contributed by atoms with Gasteiger partial charge in [0.15, 0.2) is 0 Å². The smallest absolute Gasteiger partial charge is 0.333 e. The van der Waals surface area contributed by atoms with E-state index in [-0.39, 0.29) is 57.1 Å². The van der Waals surface area contributed by atoms with Crippen molar-refractivity contribution in [1.82, 2.24) is 9.96 Å². The number of ether oxygens (including phenoxy) is 2. The molecule has 1 aliphatic rings. The number of hydrogen-bond acceptors (Lipinski definition) is 10. The van der Waals surface area contributed by atoms with Gasteiger partial charge in [-0.25, -0.2) is 4.79 Å². The van der Waals surface area contributed by atoms with Crippen LogP contribution in [0.25, 0.3) is 0 Å². The van der Waals surface area contributed by atoms with Gasteiger partial charge in [0.05, 0.1) is 27.3 Å². The summed E-state index contributed by atoms with van der Waals surface area (Å²) in [4.78, 5) is 76.7. The van der Waals surface area contributed by atoms with E-state index >= 15 is 0 Å². The zero-order valence-electron chi connectivity index (χ0n) is 20.6. The van der Waals surface area contributed by atoms with Crippen LogP contribution < -0.4 is 5.32 Å². The molecule has 12 nitrogen and oxygen atoms in total. The van der Waals surface area contributed by atoms with Gasteiger partial charge in [-0.2, -0.15) is 0 Å². The van der Waals surface area contributed by atoms with E-state index < -0.39 is 29.7 Å². The zero-order valence-corrected chi connectivity index (χ0v) is 20.6. The van der Waals surface area contributed by atoms with Gasteiger partial charge in [-0.1, -0.05) is 12.1 Å². The Bertz CT molecular complexity index is 944. The molecule has 1 saturated heterocycles. The molecule has 0 unspecified atom stereocenters. The highest BCUT2D eigenvalue weighted by Gasteiger charge is 2.32. The van der Waals surface area contributed by atoms with E-state index in [1.807, 2.05) is 19.1 Å². The lowest BCUT2D eigenvalue weighted by molar-refractivity contribution is -0.197. The molecule has 36 heavy (non-hydrogen) atoms. The molecule has 1 N–H and O–H groups in total. The normalized spacial score (nSPS) is 13.9. The van der Waals surface area contributed by atoms with Gasteiger partial charge in [-0.3, -0.25) is 28.9 Å².